The highest BCUT2D eigenvalue weighted by Crippen LogP contribution is 2.37. The predicted molar refractivity (Wildman–Crippen MR) is 102 cm³/mol. The van der Waals surface area contributed by atoms with Crippen LogP contribution in [-0.2, 0) is 18.4 Å². The molecule has 1 N–H and O–H groups in total. The Morgan fingerprint density at radius 2 is 1.81 bits per heavy atom. The van der Waals surface area contributed by atoms with E-state index in [1.807, 2.05) is 33.0 Å². The summed E-state index contributed by atoms with van der Waals surface area (Å²) in [6.07, 6.45) is 0. The molecule has 0 spiro atoms. The number of rotatable bonds is 7. The van der Waals surface area contributed by atoms with Crippen LogP contribution in [0.4, 0.5) is 5.69 Å². The smallest absolute Gasteiger partial charge is 0.243 e. The van der Waals surface area contributed by atoms with Crippen LogP contribution in [-0.4, -0.2) is 54.5 Å². The third kappa shape index (κ3) is 3.71. The first kappa shape index (κ1) is 19.0. The first-order valence-electron chi connectivity index (χ1n) is 8.73. The molecule has 1 fully saturated rings. The first-order chi connectivity index (χ1) is 12.9. The second-order valence-corrected chi connectivity index (χ2v) is 6.61. The van der Waals surface area contributed by atoms with E-state index in [9.17, 15) is 4.79 Å². The van der Waals surface area contributed by atoms with E-state index in [2.05, 4.69) is 15.3 Å². The van der Waals surface area contributed by atoms with Gasteiger partial charge in [0.2, 0.25) is 5.91 Å². The highest BCUT2D eigenvalue weighted by molar-refractivity contribution is 5.97. The zero-order valence-electron chi connectivity index (χ0n) is 16.6. The number of benzene rings is 1. The number of anilines is 1. The van der Waals surface area contributed by atoms with Gasteiger partial charge < -0.3 is 19.5 Å². The average Bonchev–Trinajstić information content (AvgIpc) is 3.39. The van der Waals surface area contributed by atoms with E-state index in [0.29, 0.717) is 30.3 Å². The van der Waals surface area contributed by atoms with Gasteiger partial charge in [-0.15, -0.1) is 0 Å². The molecule has 8 heteroatoms. The molecule has 3 rings (SSSR count). The first-order valence-corrected chi connectivity index (χ1v) is 8.73. The molecule has 27 heavy (non-hydrogen) atoms. The average molecular weight is 374 g/mol. The maximum Gasteiger partial charge on any atom is 0.243 e. The Bertz CT molecular complexity index is 837. The van der Waals surface area contributed by atoms with Crippen molar-refractivity contribution < 1.29 is 19.0 Å². The van der Waals surface area contributed by atoms with Crippen LogP contribution < -0.4 is 19.5 Å². The molecule has 1 aliphatic heterocycles. The zero-order chi connectivity index (χ0) is 19.7. The Hall–Kier alpha value is -2.74. The van der Waals surface area contributed by atoms with Crippen molar-refractivity contribution in [3.8, 4) is 17.2 Å². The van der Waals surface area contributed by atoms with Gasteiger partial charge in [-0.25, -0.2) is 0 Å². The Morgan fingerprint density at radius 3 is 2.30 bits per heavy atom. The fraction of sp³-hybridized carbons (Fsp3) is 0.474. The van der Waals surface area contributed by atoms with Crippen molar-refractivity contribution in [1.82, 2.24) is 14.7 Å². The summed E-state index contributed by atoms with van der Waals surface area (Å²) in [5, 5.41) is 7.34. The minimum absolute atomic E-state index is 0.0272. The van der Waals surface area contributed by atoms with Gasteiger partial charge in [0.25, 0.3) is 0 Å². The number of amides is 1. The van der Waals surface area contributed by atoms with E-state index < -0.39 is 0 Å². The SMILES string of the molecule is COc1cc(OC)c(CN2CC2C(=O)Nc2c(C)nn(C)c2C)c(OC)c1. The van der Waals surface area contributed by atoms with Gasteiger partial charge >= 0.3 is 0 Å². The number of aromatic nitrogens is 2. The van der Waals surface area contributed by atoms with Crippen LogP contribution in [0.2, 0.25) is 0 Å². The van der Waals surface area contributed by atoms with Gasteiger partial charge in [-0.05, 0) is 13.8 Å². The van der Waals surface area contributed by atoms with Crippen molar-refractivity contribution in [2.45, 2.75) is 26.4 Å². The van der Waals surface area contributed by atoms with E-state index in [1.54, 1.807) is 26.0 Å². The second-order valence-electron chi connectivity index (χ2n) is 6.61. The van der Waals surface area contributed by atoms with Crippen molar-refractivity contribution in [2.75, 3.05) is 33.2 Å². The number of hydrogen-bond acceptors (Lipinski definition) is 6. The predicted octanol–water partition coefficient (Wildman–Crippen LogP) is 1.89. The minimum Gasteiger partial charge on any atom is -0.496 e. The molecule has 1 aromatic carbocycles. The van der Waals surface area contributed by atoms with Crippen LogP contribution in [0.25, 0.3) is 0 Å². The molecule has 146 valence electrons. The summed E-state index contributed by atoms with van der Waals surface area (Å²) in [4.78, 5) is 14.7. The highest BCUT2D eigenvalue weighted by atomic mass is 16.5. The van der Waals surface area contributed by atoms with Crippen LogP contribution in [0.15, 0.2) is 12.1 Å². The number of aryl methyl sites for hydroxylation is 2. The Kier molecular flexibility index (Phi) is 5.27. The van der Waals surface area contributed by atoms with Gasteiger partial charge in [-0.2, -0.15) is 5.10 Å². The number of carbonyl (C=O) groups excluding carboxylic acids is 1. The molecule has 0 bridgehead atoms. The monoisotopic (exact) mass is 374 g/mol. The summed E-state index contributed by atoms with van der Waals surface area (Å²) in [5.41, 5.74) is 3.43. The summed E-state index contributed by atoms with van der Waals surface area (Å²) < 4.78 is 18.0. The van der Waals surface area contributed by atoms with Crippen molar-refractivity contribution in [3.05, 3.63) is 29.1 Å². The number of nitrogens with one attached hydrogen (secondary N) is 1. The Labute approximate surface area is 159 Å². The molecule has 2 heterocycles. The summed E-state index contributed by atoms with van der Waals surface area (Å²) in [7, 11) is 6.68. The molecule has 1 saturated heterocycles. The molecule has 8 nitrogen and oxygen atoms in total. The number of methoxy groups -OCH3 is 3. The van der Waals surface area contributed by atoms with Crippen LogP contribution in [0, 0.1) is 13.8 Å². The normalized spacial score (nSPS) is 18.1. The third-order valence-corrected chi connectivity index (χ3v) is 4.95. The maximum atomic E-state index is 12.6. The van der Waals surface area contributed by atoms with Crippen molar-refractivity contribution in [1.29, 1.82) is 0 Å². The van der Waals surface area contributed by atoms with Crippen molar-refractivity contribution >= 4 is 11.6 Å². The third-order valence-electron chi connectivity index (χ3n) is 4.95. The van der Waals surface area contributed by atoms with Gasteiger partial charge in [0.15, 0.2) is 0 Å². The molecule has 0 aliphatic carbocycles. The lowest BCUT2D eigenvalue weighted by Gasteiger charge is -2.15. The molecule has 2 unspecified atom stereocenters. The fourth-order valence-corrected chi connectivity index (χ4v) is 3.20. The largest absolute Gasteiger partial charge is 0.496 e. The van der Waals surface area contributed by atoms with E-state index >= 15 is 0 Å². The molecule has 0 radical (unpaired) electrons. The van der Waals surface area contributed by atoms with Crippen molar-refractivity contribution in [2.24, 2.45) is 7.05 Å². The lowest BCUT2D eigenvalue weighted by molar-refractivity contribution is -0.116. The number of carbonyl (C=O) groups is 1. The Morgan fingerprint density at radius 1 is 1.19 bits per heavy atom. The van der Waals surface area contributed by atoms with E-state index in [4.69, 9.17) is 14.2 Å². The molecule has 1 aliphatic rings. The molecule has 0 saturated carbocycles. The molecular formula is C19H26N4O4. The molecule has 2 aromatic rings. The number of nitrogens with zero attached hydrogens (tertiary/aromatic N) is 3. The summed E-state index contributed by atoms with van der Waals surface area (Å²) in [6.45, 7) is 5.07. The van der Waals surface area contributed by atoms with Crippen LogP contribution in [0.3, 0.4) is 0 Å². The maximum absolute atomic E-state index is 12.6. The van der Waals surface area contributed by atoms with Gasteiger partial charge in [0, 0.05) is 32.3 Å². The second kappa shape index (κ2) is 7.48. The number of hydrogen-bond donors (Lipinski definition) is 1. The van der Waals surface area contributed by atoms with Gasteiger partial charge in [0.1, 0.15) is 23.3 Å². The standard InChI is InChI=1S/C19H26N4O4/c1-11-18(12(2)22(3)21-11)20-19(24)15-10-23(15)9-14-16(26-5)7-13(25-4)8-17(14)27-6/h7-8,15H,9-10H2,1-6H3,(H,20,24). The molecule has 2 atom stereocenters. The summed E-state index contributed by atoms with van der Waals surface area (Å²) >= 11 is 0. The van der Waals surface area contributed by atoms with Gasteiger partial charge in [-0.1, -0.05) is 0 Å². The zero-order valence-corrected chi connectivity index (χ0v) is 16.6. The fourth-order valence-electron chi connectivity index (χ4n) is 3.20. The minimum atomic E-state index is -0.180. The summed E-state index contributed by atoms with van der Waals surface area (Å²) in [5.74, 6) is 1.99. The van der Waals surface area contributed by atoms with Crippen LogP contribution in [0.1, 0.15) is 17.0 Å². The molecular weight excluding hydrogens is 348 g/mol. The quantitative estimate of drug-likeness (QED) is 0.746. The summed E-state index contributed by atoms with van der Waals surface area (Å²) in [6, 6.07) is 3.46. The van der Waals surface area contributed by atoms with E-state index in [1.165, 1.54) is 0 Å². The highest BCUT2D eigenvalue weighted by Gasteiger charge is 2.41. The molecule has 1 aromatic heterocycles. The Balaban J connectivity index is 1.71. The molecule has 1 amide bonds. The van der Waals surface area contributed by atoms with Gasteiger partial charge in [0.05, 0.1) is 44.0 Å². The number of ether oxygens (including phenoxy) is 3. The topological polar surface area (TPSA) is 77.6 Å². The van der Waals surface area contributed by atoms with E-state index in [0.717, 1.165) is 22.6 Å². The van der Waals surface area contributed by atoms with Crippen LogP contribution in [0.5, 0.6) is 17.2 Å². The van der Waals surface area contributed by atoms with Gasteiger partial charge in [-0.3, -0.25) is 14.4 Å². The lowest BCUT2D eigenvalue weighted by atomic mass is 10.1. The van der Waals surface area contributed by atoms with Crippen molar-refractivity contribution in [3.63, 3.8) is 0 Å². The van der Waals surface area contributed by atoms with Crippen LogP contribution >= 0.6 is 0 Å². The van der Waals surface area contributed by atoms with E-state index in [-0.39, 0.29) is 11.9 Å². The lowest BCUT2D eigenvalue weighted by Crippen LogP contribution is -2.22.